The van der Waals surface area contributed by atoms with Crippen molar-refractivity contribution in [1.82, 2.24) is 5.43 Å². The fraction of sp³-hybridized carbons (Fsp3) is 0.100. The molecule has 3 rings (SSSR count). The Morgan fingerprint density at radius 1 is 1.19 bits per heavy atom. The minimum absolute atomic E-state index is 0.240. The minimum atomic E-state index is -0.240. The highest BCUT2D eigenvalue weighted by atomic mass is 35.5. The Balaban J connectivity index is 1.62. The summed E-state index contributed by atoms with van der Waals surface area (Å²) < 4.78 is 11.2. The Morgan fingerprint density at radius 2 is 2.00 bits per heavy atom. The number of carbonyl (C=O) groups is 1. The van der Waals surface area contributed by atoms with Crippen LogP contribution < -0.4 is 14.9 Å². The molecule has 0 aliphatic carbocycles. The fourth-order valence-electron chi connectivity index (χ4n) is 2.25. The number of nitrogens with one attached hydrogen (secondary N) is 1. The van der Waals surface area contributed by atoms with E-state index in [-0.39, 0.29) is 5.91 Å². The highest BCUT2D eigenvalue weighted by Gasteiger charge is 2.07. The number of hydrazone groups is 1. The molecule has 0 radical (unpaired) electrons. The van der Waals surface area contributed by atoms with Crippen molar-refractivity contribution in [1.29, 1.82) is 0 Å². The minimum Gasteiger partial charge on any atom is -0.493 e. The van der Waals surface area contributed by atoms with Crippen LogP contribution in [0.5, 0.6) is 11.5 Å². The first-order valence-electron chi connectivity index (χ1n) is 8.08. The molecule has 5 nitrogen and oxygen atoms in total. The van der Waals surface area contributed by atoms with Crippen molar-refractivity contribution in [2.24, 2.45) is 5.10 Å². The Kier molecular flexibility index (Phi) is 6.46. The summed E-state index contributed by atoms with van der Waals surface area (Å²) in [6.45, 7) is 0.401. The van der Waals surface area contributed by atoms with Crippen LogP contribution in [0.3, 0.4) is 0 Å². The first-order valence-corrected chi connectivity index (χ1v) is 9.33. The van der Waals surface area contributed by atoms with Gasteiger partial charge in [-0.3, -0.25) is 4.79 Å². The summed E-state index contributed by atoms with van der Waals surface area (Å²) in [6.07, 6.45) is 1.55. The van der Waals surface area contributed by atoms with E-state index in [1.807, 2.05) is 41.8 Å². The van der Waals surface area contributed by atoms with Gasteiger partial charge in [-0.25, -0.2) is 5.43 Å². The number of rotatable bonds is 7. The Morgan fingerprint density at radius 3 is 2.70 bits per heavy atom. The molecule has 0 fully saturated rings. The molecule has 1 heterocycles. The SMILES string of the molecule is COc1cc(/C=N/NC(=O)c2cccs2)ccc1OCc1ccc(Cl)cc1. The number of hydrogen-bond acceptors (Lipinski definition) is 5. The van der Waals surface area contributed by atoms with E-state index < -0.39 is 0 Å². The van der Waals surface area contributed by atoms with Crippen LogP contribution in [0.4, 0.5) is 0 Å². The van der Waals surface area contributed by atoms with E-state index >= 15 is 0 Å². The molecule has 1 amide bonds. The van der Waals surface area contributed by atoms with Gasteiger partial charge in [0.15, 0.2) is 11.5 Å². The van der Waals surface area contributed by atoms with Gasteiger partial charge in [-0.15, -0.1) is 11.3 Å². The maximum atomic E-state index is 11.8. The molecule has 7 heteroatoms. The topological polar surface area (TPSA) is 59.9 Å². The Labute approximate surface area is 166 Å². The largest absolute Gasteiger partial charge is 0.493 e. The van der Waals surface area contributed by atoms with E-state index in [1.165, 1.54) is 11.3 Å². The molecule has 0 atom stereocenters. The van der Waals surface area contributed by atoms with Gasteiger partial charge in [-0.1, -0.05) is 29.8 Å². The molecule has 0 aliphatic heterocycles. The molecule has 27 heavy (non-hydrogen) atoms. The first-order chi connectivity index (χ1) is 13.2. The number of methoxy groups -OCH3 is 1. The van der Waals surface area contributed by atoms with Crippen molar-refractivity contribution >= 4 is 35.1 Å². The Bertz CT molecular complexity index is 925. The van der Waals surface area contributed by atoms with Gasteiger partial charge in [0.25, 0.3) is 5.91 Å². The lowest BCUT2D eigenvalue weighted by Crippen LogP contribution is -2.16. The lowest BCUT2D eigenvalue weighted by atomic mass is 10.2. The molecule has 138 valence electrons. The van der Waals surface area contributed by atoms with Gasteiger partial charge in [0.05, 0.1) is 18.2 Å². The van der Waals surface area contributed by atoms with E-state index in [0.29, 0.717) is 28.0 Å². The van der Waals surface area contributed by atoms with Crippen LogP contribution in [0.1, 0.15) is 20.8 Å². The summed E-state index contributed by atoms with van der Waals surface area (Å²) in [5, 5.41) is 6.50. The molecule has 1 N–H and O–H groups in total. The highest BCUT2D eigenvalue weighted by Crippen LogP contribution is 2.28. The van der Waals surface area contributed by atoms with Crippen molar-refractivity contribution in [2.75, 3.05) is 7.11 Å². The predicted octanol–water partition coefficient (Wildman–Crippen LogP) is 4.75. The normalized spacial score (nSPS) is 10.7. The average molecular weight is 401 g/mol. The number of carbonyl (C=O) groups excluding carboxylic acids is 1. The molecule has 0 saturated carbocycles. The highest BCUT2D eigenvalue weighted by molar-refractivity contribution is 7.12. The summed E-state index contributed by atoms with van der Waals surface area (Å²) in [7, 11) is 1.57. The maximum absolute atomic E-state index is 11.8. The van der Waals surface area contributed by atoms with Gasteiger partial charge < -0.3 is 9.47 Å². The van der Waals surface area contributed by atoms with Crippen molar-refractivity contribution in [3.05, 3.63) is 81.0 Å². The second-order valence-electron chi connectivity index (χ2n) is 5.50. The molecule has 3 aromatic rings. The summed E-state index contributed by atoms with van der Waals surface area (Å²) >= 11 is 7.25. The van der Waals surface area contributed by atoms with Crippen LogP contribution in [-0.4, -0.2) is 19.2 Å². The second kappa shape index (κ2) is 9.21. The number of benzene rings is 2. The zero-order valence-electron chi connectivity index (χ0n) is 14.5. The van der Waals surface area contributed by atoms with Crippen LogP contribution in [0.25, 0.3) is 0 Å². The van der Waals surface area contributed by atoms with Crippen molar-refractivity contribution in [2.45, 2.75) is 6.61 Å². The van der Waals surface area contributed by atoms with Gasteiger partial charge in [-0.2, -0.15) is 5.10 Å². The molecule has 0 saturated heterocycles. The van der Waals surface area contributed by atoms with E-state index in [9.17, 15) is 4.79 Å². The first kappa shape index (κ1) is 18.9. The number of ether oxygens (including phenoxy) is 2. The van der Waals surface area contributed by atoms with E-state index in [1.54, 1.807) is 31.5 Å². The molecule has 1 aromatic heterocycles. The third kappa shape index (κ3) is 5.32. The van der Waals surface area contributed by atoms with E-state index in [2.05, 4.69) is 10.5 Å². The predicted molar refractivity (Wildman–Crippen MR) is 108 cm³/mol. The smallest absolute Gasteiger partial charge is 0.281 e. The Hall–Kier alpha value is -2.83. The average Bonchev–Trinajstić information content (AvgIpc) is 3.23. The number of halogens is 1. The molecular weight excluding hydrogens is 384 g/mol. The van der Waals surface area contributed by atoms with Gasteiger partial charge in [0.2, 0.25) is 0 Å². The standard InChI is InChI=1S/C20H17ClN2O3S/c1-25-18-11-15(12-22-23-20(24)19-3-2-10-27-19)6-9-17(18)26-13-14-4-7-16(21)8-5-14/h2-12H,13H2,1H3,(H,23,24)/b22-12+. The molecule has 0 aliphatic rings. The van der Waals surface area contributed by atoms with Gasteiger partial charge in [0, 0.05) is 5.02 Å². The van der Waals surface area contributed by atoms with Crippen LogP contribution >= 0.6 is 22.9 Å². The third-order valence-electron chi connectivity index (χ3n) is 3.62. The van der Waals surface area contributed by atoms with Crippen LogP contribution in [0.2, 0.25) is 5.02 Å². The van der Waals surface area contributed by atoms with E-state index in [0.717, 1.165) is 11.1 Å². The fourth-order valence-corrected chi connectivity index (χ4v) is 2.99. The lowest BCUT2D eigenvalue weighted by molar-refractivity contribution is 0.0959. The monoisotopic (exact) mass is 400 g/mol. The summed E-state index contributed by atoms with van der Waals surface area (Å²) in [4.78, 5) is 12.5. The van der Waals surface area contributed by atoms with Crippen LogP contribution in [-0.2, 0) is 6.61 Å². The number of thiophene rings is 1. The summed E-state index contributed by atoms with van der Waals surface area (Å²) in [6, 6.07) is 16.4. The zero-order valence-corrected chi connectivity index (χ0v) is 16.1. The summed E-state index contributed by atoms with van der Waals surface area (Å²) in [5.74, 6) is 0.959. The van der Waals surface area contributed by atoms with Crippen molar-refractivity contribution < 1.29 is 14.3 Å². The van der Waals surface area contributed by atoms with Gasteiger partial charge in [0.1, 0.15) is 6.61 Å². The quantitative estimate of drug-likeness (QED) is 0.459. The second-order valence-corrected chi connectivity index (χ2v) is 6.89. The van der Waals surface area contributed by atoms with Crippen LogP contribution in [0.15, 0.2) is 65.1 Å². The molecule has 2 aromatic carbocycles. The molecule has 0 bridgehead atoms. The number of nitrogens with zero attached hydrogens (tertiary/aromatic N) is 1. The summed E-state index contributed by atoms with van der Waals surface area (Å²) in [5.41, 5.74) is 4.27. The van der Waals surface area contributed by atoms with Crippen molar-refractivity contribution in [3.8, 4) is 11.5 Å². The maximum Gasteiger partial charge on any atom is 0.281 e. The molecule has 0 spiro atoms. The van der Waals surface area contributed by atoms with Gasteiger partial charge >= 0.3 is 0 Å². The number of amides is 1. The van der Waals surface area contributed by atoms with Crippen molar-refractivity contribution in [3.63, 3.8) is 0 Å². The molecular formula is C20H17ClN2O3S. The third-order valence-corrected chi connectivity index (χ3v) is 4.74. The zero-order chi connectivity index (χ0) is 19.1. The number of hydrogen-bond donors (Lipinski definition) is 1. The van der Waals surface area contributed by atoms with Crippen LogP contribution in [0, 0.1) is 0 Å². The van der Waals surface area contributed by atoms with E-state index in [4.69, 9.17) is 21.1 Å². The lowest BCUT2D eigenvalue weighted by Gasteiger charge is -2.11. The molecule has 0 unspecified atom stereocenters. The van der Waals surface area contributed by atoms with Gasteiger partial charge in [-0.05, 0) is 52.9 Å².